The number of aromatic nitrogens is 1. The molecule has 1 aromatic heterocycles. The van der Waals surface area contributed by atoms with Crippen LogP contribution in [0.25, 0.3) is 0 Å². The van der Waals surface area contributed by atoms with E-state index >= 15 is 0 Å². The molecule has 0 saturated heterocycles. The van der Waals surface area contributed by atoms with Gasteiger partial charge in [0.15, 0.2) is 0 Å². The highest BCUT2D eigenvalue weighted by Gasteiger charge is 2.01. The molecule has 0 radical (unpaired) electrons. The maximum absolute atomic E-state index is 12.5. The van der Waals surface area contributed by atoms with Crippen molar-refractivity contribution in [2.45, 2.75) is 0 Å². The molecule has 0 aliphatic carbocycles. The fourth-order valence-electron chi connectivity index (χ4n) is 0.539. The molecule has 56 valence electrons. The zero-order chi connectivity index (χ0) is 8.27. The number of aliphatic imine (C=N–C) groups is 1. The van der Waals surface area contributed by atoms with Crippen LogP contribution in [0.4, 0.5) is 10.1 Å². The van der Waals surface area contributed by atoms with Gasteiger partial charge in [0.05, 0.1) is 5.02 Å². The zero-order valence-electron chi connectivity index (χ0n) is 5.21. The van der Waals surface area contributed by atoms with E-state index in [1.165, 1.54) is 12.1 Å². The standard InChI is InChI=1S/C6H2ClFN2O/c7-4-1-5(10-3-11)6(8)9-2-4/h1-2H. The van der Waals surface area contributed by atoms with Crippen molar-refractivity contribution in [3.05, 3.63) is 23.2 Å². The van der Waals surface area contributed by atoms with Crippen LogP contribution in [0.3, 0.4) is 0 Å². The molecule has 5 heteroatoms. The summed E-state index contributed by atoms with van der Waals surface area (Å²) >= 11 is 5.43. The van der Waals surface area contributed by atoms with Gasteiger partial charge in [0.1, 0.15) is 5.69 Å². The second kappa shape index (κ2) is 3.23. The van der Waals surface area contributed by atoms with Gasteiger partial charge in [0.25, 0.3) is 0 Å². The number of pyridine rings is 1. The minimum atomic E-state index is -0.835. The second-order valence-corrected chi connectivity index (χ2v) is 2.10. The Kier molecular flexibility index (Phi) is 2.31. The molecule has 0 fully saturated rings. The van der Waals surface area contributed by atoms with Gasteiger partial charge in [-0.05, 0) is 6.07 Å². The summed E-state index contributed by atoms with van der Waals surface area (Å²) in [6, 6.07) is 1.19. The molecular formula is C6H2ClFN2O. The van der Waals surface area contributed by atoms with Gasteiger partial charge in [-0.3, -0.25) is 0 Å². The first kappa shape index (κ1) is 7.85. The van der Waals surface area contributed by atoms with Gasteiger partial charge in [-0.2, -0.15) is 9.38 Å². The largest absolute Gasteiger partial charge is 0.240 e. The van der Waals surface area contributed by atoms with E-state index in [1.54, 1.807) is 0 Å². The molecule has 0 N–H and O–H groups in total. The molecule has 0 aromatic carbocycles. The van der Waals surface area contributed by atoms with Gasteiger partial charge in [-0.15, -0.1) is 0 Å². The molecule has 0 aliphatic rings. The Hall–Kier alpha value is -1.25. The van der Waals surface area contributed by atoms with Crippen molar-refractivity contribution in [1.29, 1.82) is 0 Å². The summed E-state index contributed by atoms with van der Waals surface area (Å²) in [6.45, 7) is 0. The fraction of sp³-hybridized carbons (Fsp3) is 0. The van der Waals surface area contributed by atoms with Crippen molar-refractivity contribution in [3.63, 3.8) is 0 Å². The van der Waals surface area contributed by atoms with E-state index < -0.39 is 5.95 Å². The van der Waals surface area contributed by atoms with Crippen LogP contribution >= 0.6 is 11.6 Å². The lowest BCUT2D eigenvalue weighted by Crippen LogP contribution is -1.81. The third-order valence-corrected chi connectivity index (χ3v) is 1.16. The van der Waals surface area contributed by atoms with E-state index in [4.69, 9.17) is 11.6 Å². The SMILES string of the molecule is O=C=Nc1cc(Cl)cnc1F. The van der Waals surface area contributed by atoms with Gasteiger partial charge in [0, 0.05) is 6.20 Å². The van der Waals surface area contributed by atoms with Crippen molar-refractivity contribution in [2.24, 2.45) is 4.99 Å². The maximum Gasteiger partial charge on any atom is 0.240 e. The van der Waals surface area contributed by atoms with Crippen LogP contribution in [0.2, 0.25) is 5.02 Å². The lowest BCUT2D eigenvalue weighted by molar-refractivity contribution is 0.562. The van der Waals surface area contributed by atoms with E-state index in [1.807, 2.05) is 0 Å². The maximum atomic E-state index is 12.5. The predicted molar refractivity (Wildman–Crippen MR) is 37.0 cm³/mol. The van der Waals surface area contributed by atoms with Gasteiger partial charge in [-0.25, -0.2) is 9.78 Å². The van der Waals surface area contributed by atoms with E-state index in [-0.39, 0.29) is 10.7 Å². The first-order valence-electron chi connectivity index (χ1n) is 2.63. The Bertz CT molecular complexity index is 322. The molecule has 1 heterocycles. The van der Waals surface area contributed by atoms with Crippen LogP contribution in [-0.2, 0) is 4.79 Å². The topological polar surface area (TPSA) is 42.3 Å². The first-order valence-corrected chi connectivity index (χ1v) is 3.01. The molecule has 0 spiro atoms. The molecule has 0 amide bonds. The lowest BCUT2D eigenvalue weighted by atomic mass is 10.4. The van der Waals surface area contributed by atoms with Crippen LogP contribution in [0.1, 0.15) is 0 Å². The van der Waals surface area contributed by atoms with Gasteiger partial charge >= 0.3 is 0 Å². The van der Waals surface area contributed by atoms with Gasteiger partial charge < -0.3 is 0 Å². The molecule has 0 atom stereocenters. The normalized spacial score (nSPS) is 8.91. The quantitative estimate of drug-likeness (QED) is 0.369. The first-order chi connectivity index (χ1) is 5.24. The highest BCUT2D eigenvalue weighted by Crippen LogP contribution is 2.18. The Labute approximate surface area is 66.5 Å². The molecule has 0 aliphatic heterocycles. The molecule has 0 unspecified atom stereocenters. The Morgan fingerprint density at radius 2 is 2.45 bits per heavy atom. The van der Waals surface area contributed by atoms with Crippen molar-refractivity contribution in [2.75, 3.05) is 0 Å². The van der Waals surface area contributed by atoms with Crippen LogP contribution in [0.5, 0.6) is 0 Å². The van der Waals surface area contributed by atoms with Gasteiger partial charge in [0.2, 0.25) is 12.0 Å². The number of isocyanates is 1. The molecule has 3 nitrogen and oxygen atoms in total. The summed E-state index contributed by atoms with van der Waals surface area (Å²) in [4.78, 5) is 16.0. The number of hydrogen-bond acceptors (Lipinski definition) is 3. The number of rotatable bonds is 1. The molecule has 1 rings (SSSR count). The van der Waals surface area contributed by atoms with E-state index in [9.17, 15) is 9.18 Å². The van der Waals surface area contributed by atoms with E-state index in [0.29, 0.717) is 0 Å². The molecule has 11 heavy (non-hydrogen) atoms. The number of hydrogen-bond donors (Lipinski definition) is 0. The van der Waals surface area contributed by atoms with Crippen LogP contribution < -0.4 is 0 Å². The highest BCUT2D eigenvalue weighted by molar-refractivity contribution is 6.30. The smallest absolute Gasteiger partial charge is 0.225 e. The van der Waals surface area contributed by atoms with Crippen molar-refractivity contribution >= 4 is 23.4 Å². The minimum absolute atomic E-state index is 0.201. The molecular weight excluding hydrogens is 171 g/mol. The fourth-order valence-corrected chi connectivity index (χ4v) is 0.692. The summed E-state index contributed by atoms with van der Waals surface area (Å²) in [6.07, 6.45) is 2.31. The monoisotopic (exact) mass is 172 g/mol. The van der Waals surface area contributed by atoms with Gasteiger partial charge in [-0.1, -0.05) is 11.6 Å². The lowest BCUT2D eigenvalue weighted by Gasteiger charge is -1.91. The van der Waals surface area contributed by atoms with Crippen LogP contribution in [-0.4, -0.2) is 11.1 Å². The summed E-state index contributed by atoms with van der Waals surface area (Å²) in [5.74, 6) is -0.835. The molecule has 0 bridgehead atoms. The number of nitrogens with zero attached hydrogens (tertiary/aromatic N) is 2. The third kappa shape index (κ3) is 1.83. The predicted octanol–water partition coefficient (Wildman–Crippen LogP) is 1.84. The van der Waals surface area contributed by atoms with Crippen molar-refractivity contribution in [1.82, 2.24) is 4.98 Å². The van der Waals surface area contributed by atoms with Crippen LogP contribution in [0, 0.1) is 5.95 Å². The summed E-state index contributed by atoms with van der Waals surface area (Å²) in [5, 5.41) is 0.223. The molecule has 1 aromatic rings. The summed E-state index contributed by atoms with van der Waals surface area (Å²) < 4.78 is 12.5. The average molecular weight is 173 g/mol. The van der Waals surface area contributed by atoms with E-state index in [2.05, 4.69) is 9.98 Å². The minimum Gasteiger partial charge on any atom is -0.225 e. The zero-order valence-corrected chi connectivity index (χ0v) is 5.97. The van der Waals surface area contributed by atoms with E-state index in [0.717, 1.165) is 6.20 Å². The number of carbonyl (C=O) groups excluding carboxylic acids is 1. The Morgan fingerprint density at radius 3 is 3.09 bits per heavy atom. The molecule has 0 saturated carbocycles. The number of halogens is 2. The van der Waals surface area contributed by atoms with Crippen molar-refractivity contribution in [3.8, 4) is 0 Å². The Morgan fingerprint density at radius 1 is 1.73 bits per heavy atom. The summed E-state index contributed by atoms with van der Waals surface area (Å²) in [7, 11) is 0. The highest BCUT2D eigenvalue weighted by atomic mass is 35.5. The average Bonchev–Trinajstić information content (AvgIpc) is 1.98. The Balaban J connectivity index is 3.22. The second-order valence-electron chi connectivity index (χ2n) is 1.67. The summed E-state index contributed by atoms with van der Waals surface area (Å²) in [5.41, 5.74) is -0.201. The third-order valence-electron chi connectivity index (χ3n) is 0.953. The van der Waals surface area contributed by atoms with Crippen molar-refractivity contribution < 1.29 is 9.18 Å². The van der Waals surface area contributed by atoms with Crippen LogP contribution in [0.15, 0.2) is 17.3 Å².